The predicted molar refractivity (Wildman–Crippen MR) is 128 cm³/mol. The normalized spacial score (nSPS) is 11.6. The standard InChI is InChI=1S/C25H23N3O5S/c1-17-5-10-23-20(12-17)13-21(24(29)27-23)16-28(15-18-4-3-11-26-14-18)34(31,32)22-8-6-19(7-9-22)25(30)33-2/h3-14H,15-16H2,1-2H3,(H,27,29). The molecule has 0 atom stereocenters. The van der Waals surface area contributed by atoms with E-state index < -0.39 is 16.0 Å². The molecule has 1 N–H and O–H groups in total. The Bertz CT molecular complexity index is 1500. The van der Waals surface area contributed by atoms with Crippen molar-refractivity contribution in [1.82, 2.24) is 14.3 Å². The SMILES string of the molecule is COC(=O)c1ccc(S(=O)(=O)N(Cc2cccnc2)Cc2cc3cc(C)ccc3[nH]c2=O)cc1. The molecule has 0 bridgehead atoms. The lowest BCUT2D eigenvalue weighted by atomic mass is 10.1. The highest BCUT2D eigenvalue weighted by Crippen LogP contribution is 2.22. The Labute approximate surface area is 196 Å². The fourth-order valence-corrected chi connectivity index (χ4v) is 5.04. The number of ether oxygens (including phenoxy) is 1. The molecule has 2 aromatic heterocycles. The number of esters is 1. The number of hydrogen-bond acceptors (Lipinski definition) is 6. The van der Waals surface area contributed by atoms with Crippen LogP contribution >= 0.6 is 0 Å². The number of pyridine rings is 2. The maximum atomic E-state index is 13.6. The third kappa shape index (κ3) is 4.90. The van der Waals surface area contributed by atoms with Crippen molar-refractivity contribution in [3.63, 3.8) is 0 Å². The number of benzene rings is 2. The van der Waals surface area contributed by atoms with Crippen molar-refractivity contribution in [2.24, 2.45) is 0 Å². The lowest BCUT2D eigenvalue weighted by Crippen LogP contribution is -2.32. The molecule has 2 heterocycles. The Kier molecular flexibility index (Phi) is 6.58. The Balaban J connectivity index is 1.75. The van der Waals surface area contributed by atoms with Gasteiger partial charge in [-0.15, -0.1) is 0 Å². The third-order valence-corrected chi connectivity index (χ3v) is 7.22. The van der Waals surface area contributed by atoms with Crippen LogP contribution in [0.25, 0.3) is 10.9 Å². The highest BCUT2D eigenvalue weighted by Gasteiger charge is 2.26. The summed E-state index contributed by atoms with van der Waals surface area (Å²) in [6.45, 7) is 1.82. The van der Waals surface area contributed by atoms with E-state index in [0.29, 0.717) is 16.6 Å². The molecule has 4 rings (SSSR count). The van der Waals surface area contributed by atoms with Crippen LogP contribution in [0.3, 0.4) is 0 Å². The van der Waals surface area contributed by atoms with E-state index in [1.807, 2.05) is 25.1 Å². The van der Waals surface area contributed by atoms with E-state index in [1.165, 1.54) is 35.7 Å². The van der Waals surface area contributed by atoms with Gasteiger partial charge in [0, 0.05) is 36.6 Å². The zero-order valence-electron chi connectivity index (χ0n) is 18.7. The Morgan fingerprint density at radius 1 is 1.06 bits per heavy atom. The number of nitrogens with one attached hydrogen (secondary N) is 1. The molecular weight excluding hydrogens is 454 g/mol. The molecule has 0 unspecified atom stereocenters. The summed E-state index contributed by atoms with van der Waals surface area (Å²) in [5, 5.41) is 0.816. The molecule has 8 nitrogen and oxygen atoms in total. The number of H-pyrrole nitrogens is 1. The Hall–Kier alpha value is -3.82. The predicted octanol–water partition coefficient (Wildman–Crippen LogP) is 3.41. The number of fused-ring (bicyclic) bond motifs is 1. The van der Waals surface area contributed by atoms with Crippen LogP contribution in [0.15, 0.2) is 82.7 Å². The molecule has 2 aromatic carbocycles. The summed E-state index contributed by atoms with van der Waals surface area (Å²) >= 11 is 0. The van der Waals surface area contributed by atoms with E-state index in [0.717, 1.165) is 10.9 Å². The van der Waals surface area contributed by atoms with Crippen LogP contribution in [0, 0.1) is 6.92 Å². The molecule has 0 saturated heterocycles. The van der Waals surface area contributed by atoms with Gasteiger partial charge in [-0.1, -0.05) is 17.7 Å². The zero-order chi connectivity index (χ0) is 24.3. The van der Waals surface area contributed by atoms with Crippen LogP contribution in [-0.2, 0) is 27.8 Å². The summed E-state index contributed by atoms with van der Waals surface area (Å²) in [5.74, 6) is -0.561. The number of sulfonamides is 1. The van der Waals surface area contributed by atoms with Gasteiger partial charge in [-0.2, -0.15) is 4.31 Å². The van der Waals surface area contributed by atoms with Crippen molar-refractivity contribution in [3.8, 4) is 0 Å². The highest BCUT2D eigenvalue weighted by molar-refractivity contribution is 7.89. The minimum atomic E-state index is -4.02. The summed E-state index contributed by atoms with van der Waals surface area (Å²) in [7, 11) is -2.77. The number of aromatic nitrogens is 2. The average Bonchev–Trinajstić information content (AvgIpc) is 2.84. The maximum absolute atomic E-state index is 13.6. The zero-order valence-corrected chi connectivity index (χ0v) is 19.5. The number of rotatable bonds is 7. The second kappa shape index (κ2) is 9.58. The minimum absolute atomic E-state index is 0.00268. The van der Waals surface area contributed by atoms with E-state index in [2.05, 4.69) is 14.7 Å². The lowest BCUT2D eigenvalue weighted by Gasteiger charge is -2.22. The monoisotopic (exact) mass is 477 g/mol. The molecule has 0 spiro atoms. The maximum Gasteiger partial charge on any atom is 0.337 e. The van der Waals surface area contributed by atoms with Crippen molar-refractivity contribution in [2.45, 2.75) is 24.9 Å². The first-order valence-corrected chi connectivity index (χ1v) is 11.9. The smallest absolute Gasteiger partial charge is 0.337 e. The number of aryl methyl sites for hydroxylation is 1. The van der Waals surface area contributed by atoms with Crippen LogP contribution in [-0.4, -0.2) is 35.8 Å². The van der Waals surface area contributed by atoms with Crippen molar-refractivity contribution in [2.75, 3.05) is 7.11 Å². The summed E-state index contributed by atoms with van der Waals surface area (Å²) in [5.41, 5.74) is 2.57. The first-order chi connectivity index (χ1) is 16.3. The summed E-state index contributed by atoms with van der Waals surface area (Å²) in [4.78, 5) is 31.4. The molecule has 0 saturated carbocycles. The molecular formula is C25H23N3O5S. The molecule has 0 aliphatic carbocycles. The van der Waals surface area contributed by atoms with E-state index in [-0.39, 0.29) is 29.1 Å². The van der Waals surface area contributed by atoms with Crippen molar-refractivity contribution < 1.29 is 17.9 Å². The van der Waals surface area contributed by atoms with Crippen LogP contribution < -0.4 is 5.56 Å². The lowest BCUT2D eigenvalue weighted by molar-refractivity contribution is 0.0600. The molecule has 9 heteroatoms. The molecule has 174 valence electrons. The molecule has 0 aliphatic heterocycles. The van der Waals surface area contributed by atoms with E-state index in [9.17, 15) is 18.0 Å². The van der Waals surface area contributed by atoms with Crippen molar-refractivity contribution >= 4 is 26.9 Å². The van der Waals surface area contributed by atoms with Gasteiger partial charge in [-0.05, 0) is 66.4 Å². The van der Waals surface area contributed by atoms with Gasteiger partial charge in [0.1, 0.15) is 0 Å². The summed E-state index contributed by atoms with van der Waals surface area (Å²) in [6.07, 6.45) is 3.18. The van der Waals surface area contributed by atoms with Gasteiger partial charge in [0.05, 0.1) is 17.6 Å². The van der Waals surface area contributed by atoms with Crippen LogP contribution in [0.2, 0.25) is 0 Å². The first-order valence-electron chi connectivity index (χ1n) is 10.5. The number of methoxy groups -OCH3 is 1. The number of carbonyl (C=O) groups excluding carboxylic acids is 1. The van der Waals surface area contributed by atoms with Gasteiger partial charge < -0.3 is 9.72 Å². The fraction of sp³-hybridized carbons (Fsp3) is 0.160. The van der Waals surface area contributed by atoms with Crippen molar-refractivity contribution in [3.05, 3.63) is 106 Å². The second-order valence-corrected chi connectivity index (χ2v) is 9.80. The van der Waals surface area contributed by atoms with Crippen molar-refractivity contribution in [1.29, 1.82) is 0 Å². The first kappa shape index (κ1) is 23.3. The number of carbonyl (C=O) groups is 1. The van der Waals surface area contributed by atoms with Crippen LogP contribution in [0.4, 0.5) is 0 Å². The topological polar surface area (TPSA) is 109 Å². The van der Waals surface area contributed by atoms with Gasteiger partial charge in [0.15, 0.2) is 0 Å². The third-order valence-electron chi connectivity index (χ3n) is 5.42. The molecule has 0 amide bonds. The van der Waals surface area contributed by atoms with Gasteiger partial charge >= 0.3 is 5.97 Å². The van der Waals surface area contributed by atoms with Crippen LogP contribution in [0.5, 0.6) is 0 Å². The second-order valence-electron chi connectivity index (χ2n) is 7.86. The molecule has 0 aliphatic rings. The minimum Gasteiger partial charge on any atom is -0.465 e. The summed E-state index contributed by atoms with van der Waals surface area (Å²) in [6, 6.07) is 16.4. The van der Waals surface area contributed by atoms with Crippen LogP contribution in [0.1, 0.15) is 27.0 Å². The fourth-order valence-electron chi connectivity index (χ4n) is 3.63. The van der Waals surface area contributed by atoms with Gasteiger partial charge in [0.25, 0.3) is 5.56 Å². The molecule has 0 radical (unpaired) electrons. The molecule has 4 aromatic rings. The number of aromatic amines is 1. The Morgan fingerprint density at radius 3 is 2.50 bits per heavy atom. The number of hydrogen-bond donors (Lipinski definition) is 1. The quantitative estimate of drug-likeness (QED) is 0.409. The summed E-state index contributed by atoms with van der Waals surface area (Å²) < 4.78 is 33.1. The van der Waals surface area contributed by atoms with Gasteiger partial charge in [0.2, 0.25) is 10.0 Å². The van der Waals surface area contributed by atoms with Gasteiger partial charge in [-0.25, -0.2) is 13.2 Å². The highest BCUT2D eigenvalue weighted by atomic mass is 32.2. The molecule has 34 heavy (non-hydrogen) atoms. The Morgan fingerprint density at radius 2 is 1.82 bits per heavy atom. The van der Waals surface area contributed by atoms with E-state index >= 15 is 0 Å². The largest absolute Gasteiger partial charge is 0.465 e. The van der Waals surface area contributed by atoms with E-state index in [4.69, 9.17) is 0 Å². The number of nitrogens with zero attached hydrogens (tertiary/aromatic N) is 2. The average molecular weight is 478 g/mol. The molecule has 0 fully saturated rings. The van der Waals surface area contributed by atoms with E-state index in [1.54, 1.807) is 30.6 Å². The van der Waals surface area contributed by atoms with Gasteiger partial charge in [-0.3, -0.25) is 9.78 Å².